The predicted octanol–water partition coefficient (Wildman–Crippen LogP) is 4.14. The van der Waals surface area contributed by atoms with Gasteiger partial charge in [-0.1, -0.05) is 19.8 Å². The van der Waals surface area contributed by atoms with E-state index < -0.39 is 0 Å². The van der Waals surface area contributed by atoms with E-state index >= 15 is 0 Å². The van der Waals surface area contributed by atoms with Gasteiger partial charge in [0, 0.05) is 43.6 Å². The van der Waals surface area contributed by atoms with Gasteiger partial charge in [-0.15, -0.1) is 0 Å². The normalized spacial score (nSPS) is 18.4. The summed E-state index contributed by atoms with van der Waals surface area (Å²) in [6.07, 6.45) is 6.95. The number of anilines is 3. The Labute approximate surface area is 178 Å². The molecular weight excluding hydrogens is 374 g/mol. The van der Waals surface area contributed by atoms with E-state index in [1.54, 1.807) is 0 Å². The number of likely N-dealkylation sites (N-methyl/N-ethyl adjacent to an activating group) is 1. The van der Waals surface area contributed by atoms with E-state index in [9.17, 15) is 0 Å². The van der Waals surface area contributed by atoms with Gasteiger partial charge >= 0.3 is 0 Å². The summed E-state index contributed by atoms with van der Waals surface area (Å²) in [6.45, 7) is 9.78. The van der Waals surface area contributed by atoms with Crippen LogP contribution in [0.5, 0.6) is 0 Å². The van der Waals surface area contributed by atoms with Gasteiger partial charge in [0.15, 0.2) is 17.0 Å². The van der Waals surface area contributed by atoms with Gasteiger partial charge in [0.05, 0.1) is 6.33 Å². The van der Waals surface area contributed by atoms with Crippen LogP contribution in [0.3, 0.4) is 0 Å². The van der Waals surface area contributed by atoms with Crippen molar-refractivity contribution < 1.29 is 0 Å². The highest BCUT2D eigenvalue weighted by atomic mass is 15.3. The second-order valence-corrected chi connectivity index (χ2v) is 8.47. The lowest BCUT2D eigenvalue weighted by Crippen LogP contribution is -2.46. The maximum Gasteiger partial charge on any atom is 0.166 e. The number of aromatic nitrogens is 4. The van der Waals surface area contributed by atoms with Gasteiger partial charge < -0.3 is 19.7 Å². The lowest BCUT2D eigenvalue weighted by atomic mass is 10.2. The maximum absolute atomic E-state index is 4.71. The molecule has 0 spiro atoms. The highest BCUT2D eigenvalue weighted by Crippen LogP contribution is 2.33. The fourth-order valence-corrected chi connectivity index (χ4v) is 4.78. The summed E-state index contributed by atoms with van der Waals surface area (Å²) in [7, 11) is 0. The largest absolute Gasteiger partial charge is 0.369 e. The molecule has 0 amide bonds. The molecule has 0 bridgehead atoms. The van der Waals surface area contributed by atoms with Gasteiger partial charge in [0.2, 0.25) is 0 Å². The molecule has 0 atom stereocenters. The third-order valence-corrected chi connectivity index (χ3v) is 6.57. The minimum atomic E-state index is 0.518. The fourth-order valence-electron chi connectivity index (χ4n) is 4.78. The molecule has 1 N–H and O–H groups in total. The average Bonchev–Trinajstić information content (AvgIpc) is 3.44. The van der Waals surface area contributed by atoms with Crippen LogP contribution in [0.1, 0.15) is 44.5 Å². The smallest absolute Gasteiger partial charge is 0.166 e. The van der Waals surface area contributed by atoms with Crippen LogP contribution in [0.25, 0.3) is 11.2 Å². The number of rotatable bonds is 5. The van der Waals surface area contributed by atoms with Gasteiger partial charge in [-0.25, -0.2) is 15.0 Å². The van der Waals surface area contributed by atoms with Crippen molar-refractivity contribution in [1.29, 1.82) is 0 Å². The monoisotopic (exact) mass is 405 g/mol. The van der Waals surface area contributed by atoms with E-state index in [0.717, 1.165) is 61.2 Å². The SMILES string of the molecule is CCN1CCN(c2ccc(Nc3nc(C)nc4c3ncn4C3CCCC3)cc2)CC1. The molecule has 7 nitrogen and oxygen atoms in total. The van der Waals surface area contributed by atoms with Crippen LogP contribution < -0.4 is 10.2 Å². The Balaban J connectivity index is 1.35. The summed E-state index contributed by atoms with van der Waals surface area (Å²) < 4.78 is 2.25. The highest BCUT2D eigenvalue weighted by molar-refractivity contribution is 5.85. The Kier molecular flexibility index (Phi) is 5.29. The molecule has 1 saturated heterocycles. The zero-order chi connectivity index (χ0) is 20.5. The molecule has 1 saturated carbocycles. The molecule has 3 heterocycles. The molecule has 0 radical (unpaired) electrons. The van der Waals surface area contributed by atoms with Crippen molar-refractivity contribution in [3.63, 3.8) is 0 Å². The van der Waals surface area contributed by atoms with E-state index in [0.29, 0.717) is 6.04 Å². The molecular formula is C23H31N7. The van der Waals surface area contributed by atoms with Crippen molar-refractivity contribution in [2.45, 2.75) is 45.6 Å². The van der Waals surface area contributed by atoms with Crippen LogP contribution in [0.4, 0.5) is 17.2 Å². The molecule has 1 aliphatic heterocycles. The van der Waals surface area contributed by atoms with Gasteiger partial charge in [0.25, 0.3) is 0 Å². The number of piperazine rings is 1. The Morgan fingerprint density at radius 1 is 1.00 bits per heavy atom. The van der Waals surface area contributed by atoms with Gasteiger partial charge in [-0.3, -0.25) is 0 Å². The summed E-state index contributed by atoms with van der Waals surface area (Å²) in [4.78, 5) is 19.0. The van der Waals surface area contributed by atoms with Gasteiger partial charge in [0.1, 0.15) is 5.82 Å². The molecule has 3 aromatic rings. The predicted molar refractivity (Wildman–Crippen MR) is 122 cm³/mol. The van der Waals surface area contributed by atoms with E-state index in [2.05, 4.69) is 60.8 Å². The number of nitrogens with one attached hydrogen (secondary N) is 1. The first-order chi connectivity index (χ1) is 14.7. The van der Waals surface area contributed by atoms with Crippen molar-refractivity contribution in [1.82, 2.24) is 24.4 Å². The van der Waals surface area contributed by atoms with Crippen LogP contribution >= 0.6 is 0 Å². The van der Waals surface area contributed by atoms with Crippen LogP contribution in [-0.4, -0.2) is 57.1 Å². The first-order valence-corrected chi connectivity index (χ1v) is 11.3. The second kappa shape index (κ2) is 8.22. The van der Waals surface area contributed by atoms with Gasteiger partial charge in [-0.2, -0.15) is 0 Å². The number of benzene rings is 1. The van der Waals surface area contributed by atoms with Crippen molar-refractivity contribution in [3.05, 3.63) is 36.4 Å². The van der Waals surface area contributed by atoms with E-state index in [-0.39, 0.29) is 0 Å². The maximum atomic E-state index is 4.71. The van der Waals surface area contributed by atoms with Gasteiger partial charge in [-0.05, 0) is 50.6 Å². The molecule has 1 aromatic carbocycles. The second-order valence-electron chi connectivity index (χ2n) is 8.47. The van der Waals surface area contributed by atoms with Crippen molar-refractivity contribution in [2.24, 2.45) is 0 Å². The van der Waals surface area contributed by atoms with E-state index in [1.807, 2.05) is 13.3 Å². The summed E-state index contributed by atoms with van der Waals surface area (Å²) in [6, 6.07) is 9.19. The summed E-state index contributed by atoms with van der Waals surface area (Å²) >= 11 is 0. The van der Waals surface area contributed by atoms with Crippen molar-refractivity contribution in [2.75, 3.05) is 42.9 Å². The van der Waals surface area contributed by atoms with Crippen LogP contribution in [0.15, 0.2) is 30.6 Å². The molecule has 2 fully saturated rings. The molecule has 30 heavy (non-hydrogen) atoms. The minimum Gasteiger partial charge on any atom is -0.369 e. The van der Waals surface area contributed by atoms with Crippen molar-refractivity contribution >= 4 is 28.4 Å². The number of nitrogens with zero attached hydrogens (tertiary/aromatic N) is 6. The number of fused-ring (bicyclic) bond motifs is 1. The first-order valence-electron chi connectivity index (χ1n) is 11.3. The number of aryl methyl sites for hydroxylation is 1. The molecule has 1 aliphatic carbocycles. The number of hydrogen-bond donors (Lipinski definition) is 1. The quantitative estimate of drug-likeness (QED) is 0.688. The lowest BCUT2D eigenvalue weighted by molar-refractivity contribution is 0.271. The first kappa shape index (κ1) is 19.3. The highest BCUT2D eigenvalue weighted by Gasteiger charge is 2.21. The summed E-state index contributed by atoms with van der Waals surface area (Å²) in [5.41, 5.74) is 4.11. The van der Waals surface area contributed by atoms with E-state index in [1.165, 1.54) is 31.4 Å². The molecule has 2 aliphatic rings. The zero-order valence-corrected chi connectivity index (χ0v) is 18.0. The van der Waals surface area contributed by atoms with Crippen LogP contribution in [-0.2, 0) is 0 Å². The minimum absolute atomic E-state index is 0.518. The molecule has 5 rings (SSSR count). The zero-order valence-electron chi connectivity index (χ0n) is 18.0. The number of hydrogen-bond acceptors (Lipinski definition) is 6. The Bertz CT molecular complexity index is 996. The topological polar surface area (TPSA) is 62.1 Å². The third-order valence-electron chi connectivity index (χ3n) is 6.57. The van der Waals surface area contributed by atoms with Crippen LogP contribution in [0.2, 0.25) is 0 Å². The fraction of sp³-hybridized carbons (Fsp3) is 0.522. The lowest BCUT2D eigenvalue weighted by Gasteiger charge is -2.35. The standard InChI is InChI=1S/C23H31N7/c1-3-28-12-14-29(15-13-28)19-10-8-18(9-11-19)27-22-21-23(26-17(2)25-22)30(16-24-21)20-6-4-5-7-20/h8-11,16,20H,3-7,12-15H2,1-2H3,(H,25,26,27). The molecule has 7 heteroatoms. The third kappa shape index (κ3) is 3.74. The van der Waals surface area contributed by atoms with Crippen molar-refractivity contribution in [3.8, 4) is 0 Å². The Morgan fingerprint density at radius 3 is 2.43 bits per heavy atom. The molecule has 0 unspecified atom stereocenters. The van der Waals surface area contributed by atoms with E-state index in [4.69, 9.17) is 4.98 Å². The Hall–Kier alpha value is -2.67. The van der Waals surface area contributed by atoms with Crippen LogP contribution in [0, 0.1) is 6.92 Å². The molecule has 2 aromatic heterocycles. The molecule has 158 valence electrons. The Morgan fingerprint density at radius 2 is 1.73 bits per heavy atom. The number of imidazole rings is 1. The average molecular weight is 406 g/mol. The summed E-state index contributed by atoms with van der Waals surface area (Å²) in [5.74, 6) is 1.56. The summed E-state index contributed by atoms with van der Waals surface area (Å²) in [5, 5.41) is 3.48.